The molecule has 148 valence electrons. The van der Waals surface area contributed by atoms with Crippen molar-refractivity contribution < 1.29 is 13.9 Å². The average Bonchev–Trinajstić information content (AvgIpc) is 3.12. The molecule has 2 aromatic carbocycles. The van der Waals surface area contributed by atoms with Crippen LogP contribution in [0, 0.1) is 13.8 Å². The van der Waals surface area contributed by atoms with E-state index >= 15 is 0 Å². The first-order valence-electron chi connectivity index (χ1n) is 9.76. The number of rotatable bonds is 6. The monoisotopic (exact) mass is 389 g/mol. The maximum Gasteiger partial charge on any atom is 0.336 e. The third-order valence-corrected chi connectivity index (χ3v) is 5.41. The molecule has 2 aromatic heterocycles. The number of esters is 1. The number of hydrogen-bond acceptors (Lipinski definition) is 4. The van der Waals surface area contributed by atoms with Gasteiger partial charge < -0.3 is 14.1 Å². The summed E-state index contributed by atoms with van der Waals surface area (Å²) in [5.41, 5.74) is 5.07. The van der Waals surface area contributed by atoms with Gasteiger partial charge in [-0.15, -0.1) is 0 Å². The molecule has 0 spiro atoms. The maximum absolute atomic E-state index is 12.2. The lowest BCUT2D eigenvalue weighted by molar-refractivity contribution is -0.145. The van der Waals surface area contributed by atoms with Gasteiger partial charge in [0.2, 0.25) is 0 Å². The van der Waals surface area contributed by atoms with Crippen molar-refractivity contribution in [3.8, 4) is 0 Å². The average molecular weight is 389 g/mol. The Morgan fingerprint density at radius 3 is 2.76 bits per heavy atom. The molecule has 0 atom stereocenters. The van der Waals surface area contributed by atoms with Crippen LogP contribution in [0.5, 0.6) is 0 Å². The van der Waals surface area contributed by atoms with Crippen LogP contribution in [0.25, 0.3) is 21.9 Å². The molecule has 0 amide bonds. The third-order valence-electron chi connectivity index (χ3n) is 5.41. The molecule has 0 radical (unpaired) electrons. The van der Waals surface area contributed by atoms with E-state index in [0.29, 0.717) is 24.0 Å². The van der Waals surface area contributed by atoms with Crippen LogP contribution in [0.1, 0.15) is 35.1 Å². The summed E-state index contributed by atoms with van der Waals surface area (Å²) in [4.78, 5) is 27.4. The molecule has 0 bridgehead atoms. The van der Waals surface area contributed by atoms with Crippen LogP contribution in [0.2, 0.25) is 0 Å². The summed E-state index contributed by atoms with van der Waals surface area (Å²) >= 11 is 0. The van der Waals surface area contributed by atoms with Crippen molar-refractivity contribution in [3.63, 3.8) is 0 Å². The molecule has 0 saturated carbocycles. The maximum atomic E-state index is 12.2. The largest absolute Gasteiger partial charge is 0.461 e. The van der Waals surface area contributed by atoms with Crippen molar-refractivity contribution >= 4 is 27.8 Å². The SMILES string of the molecule is Cc1ccc2c(COC(=O)CCCc3c[nH]c4ccccc34)cc(=O)oc2c1C. The fourth-order valence-corrected chi connectivity index (χ4v) is 3.64. The van der Waals surface area contributed by atoms with Gasteiger partial charge in [0.1, 0.15) is 12.2 Å². The predicted octanol–water partition coefficient (Wildman–Crippen LogP) is 4.96. The van der Waals surface area contributed by atoms with E-state index in [1.165, 1.54) is 17.0 Å². The van der Waals surface area contributed by atoms with Crippen LogP contribution in [-0.2, 0) is 22.6 Å². The molecular weight excluding hydrogens is 366 g/mol. The number of H-pyrrole nitrogens is 1. The molecule has 0 saturated heterocycles. The molecule has 1 N–H and O–H groups in total. The fourth-order valence-electron chi connectivity index (χ4n) is 3.64. The van der Waals surface area contributed by atoms with Gasteiger partial charge in [0.15, 0.2) is 0 Å². The first kappa shape index (κ1) is 19.0. The summed E-state index contributed by atoms with van der Waals surface area (Å²) in [6.07, 6.45) is 3.83. The normalized spacial score (nSPS) is 11.2. The quantitative estimate of drug-likeness (QED) is 0.374. The highest BCUT2D eigenvalue weighted by atomic mass is 16.5. The van der Waals surface area contributed by atoms with E-state index in [9.17, 15) is 9.59 Å². The second-order valence-corrected chi connectivity index (χ2v) is 7.35. The highest BCUT2D eigenvalue weighted by Crippen LogP contribution is 2.24. The van der Waals surface area contributed by atoms with Crippen molar-refractivity contribution in [2.75, 3.05) is 0 Å². The fraction of sp³-hybridized carbons (Fsp3) is 0.250. The standard InChI is InChI=1S/C24H23NO4/c1-15-10-11-20-18(12-23(27)29-24(20)16(15)2)14-28-22(26)9-5-6-17-13-25-21-8-4-3-7-19(17)21/h3-4,7-8,10-13,25H,5-6,9,14H2,1-2H3. The van der Waals surface area contributed by atoms with E-state index in [4.69, 9.17) is 9.15 Å². The third kappa shape index (κ3) is 3.94. The summed E-state index contributed by atoms with van der Waals surface area (Å²) in [6.45, 7) is 3.95. The van der Waals surface area contributed by atoms with E-state index in [1.54, 1.807) is 0 Å². The number of hydrogen-bond donors (Lipinski definition) is 1. The Labute approximate surface area is 168 Å². The van der Waals surface area contributed by atoms with Gasteiger partial charge in [-0.3, -0.25) is 4.79 Å². The van der Waals surface area contributed by atoms with Gasteiger partial charge >= 0.3 is 11.6 Å². The number of aromatic amines is 1. The van der Waals surface area contributed by atoms with Crippen molar-refractivity contribution in [1.29, 1.82) is 0 Å². The molecule has 0 aliphatic carbocycles. The van der Waals surface area contributed by atoms with Crippen molar-refractivity contribution in [2.24, 2.45) is 0 Å². The summed E-state index contributed by atoms with van der Waals surface area (Å²) in [7, 11) is 0. The van der Waals surface area contributed by atoms with Gasteiger partial charge in [0.05, 0.1) is 0 Å². The van der Waals surface area contributed by atoms with E-state index in [-0.39, 0.29) is 12.6 Å². The summed E-state index contributed by atoms with van der Waals surface area (Å²) in [6, 6.07) is 13.4. The number of aryl methyl sites for hydroxylation is 3. The number of para-hydroxylation sites is 1. The Balaban J connectivity index is 1.39. The molecule has 0 fully saturated rings. The second-order valence-electron chi connectivity index (χ2n) is 7.35. The molecule has 5 nitrogen and oxygen atoms in total. The van der Waals surface area contributed by atoms with Gasteiger partial charge in [-0.1, -0.05) is 30.3 Å². The Kier molecular flexibility index (Phi) is 5.21. The summed E-state index contributed by atoms with van der Waals surface area (Å²) in [5.74, 6) is -0.268. The lowest BCUT2D eigenvalue weighted by Crippen LogP contribution is -2.08. The zero-order valence-electron chi connectivity index (χ0n) is 16.6. The van der Waals surface area contributed by atoms with E-state index < -0.39 is 5.63 Å². The Hall–Kier alpha value is -3.34. The zero-order chi connectivity index (χ0) is 20.4. The van der Waals surface area contributed by atoms with Crippen LogP contribution in [0.4, 0.5) is 0 Å². The molecule has 5 heteroatoms. The lowest BCUT2D eigenvalue weighted by Gasteiger charge is -2.09. The van der Waals surface area contributed by atoms with Crippen LogP contribution < -0.4 is 5.63 Å². The minimum atomic E-state index is -0.434. The predicted molar refractivity (Wildman–Crippen MR) is 113 cm³/mol. The van der Waals surface area contributed by atoms with E-state index in [0.717, 1.165) is 28.5 Å². The highest BCUT2D eigenvalue weighted by Gasteiger charge is 2.12. The number of fused-ring (bicyclic) bond motifs is 2. The van der Waals surface area contributed by atoms with Crippen molar-refractivity contribution in [2.45, 2.75) is 39.7 Å². The molecule has 0 aliphatic heterocycles. The van der Waals surface area contributed by atoms with Gasteiger partial charge in [0.25, 0.3) is 0 Å². The highest BCUT2D eigenvalue weighted by molar-refractivity contribution is 5.84. The smallest absolute Gasteiger partial charge is 0.336 e. The minimum absolute atomic E-state index is 0.0660. The number of carbonyl (C=O) groups excluding carboxylic acids is 1. The van der Waals surface area contributed by atoms with Crippen LogP contribution in [-0.4, -0.2) is 11.0 Å². The number of ether oxygens (including phenoxy) is 1. The molecular formula is C24H23NO4. The van der Waals surface area contributed by atoms with Crippen molar-refractivity contribution in [3.05, 3.63) is 81.3 Å². The van der Waals surface area contributed by atoms with Gasteiger partial charge in [-0.05, 0) is 49.4 Å². The van der Waals surface area contributed by atoms with Gasteiger partial charge in [-0.2, -0.15) is 0 Å². The van der Waals surface area contributed by atoms with Crippen molar-refractivity contribution in [1.82, 2.24) is 4.98 Å². The second kappa shape index (κ2) is 7.95. The first-order chi connectivity index (χ1) is 14.0. The van der Waals surface area contributed by atoms with Crippen LogP contribution in [0.3, 0.4) is 0 Å². The first-order valence-corrected chi connectivity index (χ1v) is 9.76. The van der Waals surface area contributed by atoms with E-state index in [1.807, 2.05) is 50.4 Å². The molecule has 0 aliphatic rings. The van der Waals surface area contributed by atoms with Crippen LogP contribution in [0.15, 0.2) is 57.9 Å². The molecule has 29 heavy (non-hydrogen) atoms. The summed E-state index contributed by atoms with van der Waals surface area (Å²) in [5, 5.41) is 1.99. The molecule has 4 aromatic rings. The summed E-state index contributed by atoms with van der Waals surface area (Å²) < 4.78 is 10.8. The lowest BCUT2D eigenvalue weighted by atomic mass is 10.0. The topological polar surface area (TPSA) is 72.3 Å². The number of carbonyl (C=O) groups is 1. The Bertz CT molecular complexity index is 1250. The van der Waals surface area contributed by atoms with Crippen LogP contribution >= 0.6 is 0 Å². The Morgan fingerprint density at radius 1 is 1.07 bits per heavy atom. The zero-order valence-corrected chi connectivity index (χ0v) is 16.6. The van der Waals surface area contributed by atoms with E-state index in [2.05, 4.69) is 11.1 Å². The molecule has 0 unspecified atom stereocenters. The Morgan fingerprint density at radius 2 is 1.90 bits per heavy atom. The van der Waals surface area contributed by atoms with Gasteiger partial charge in [-0.25, -0.2) is 4.79 Å². The number of benzene rings is 2. The minimum Gasteiger partial charge on any atom is -0.461 e. The van der Waals surface area contributed by atoms with Gasteiger partial charge in [0, 0.05) is 40.5 Å². The number of aromatic nitrogens is 1. The molecule has 2 heterocycles. The number of nitrogens with one attached hydrogen (secondary N) is 1. The molecule has 4 rings (SSSR count).